The van der Waals surface area contributed by atoms with Crippen LogP contribution in [0.1, 0.15) is 11.4 Å². The molecule has 0 atom stereocenters. The summed E-state index contributed by atoms with van der Waals surface area (Å²) in [6.07, 6.45) is 0.382. The minimum Gasteiger partial charge on any atom is -0.268 e. The topological polar surface area (TPSA) is 78.0 Å². The van der Waals surface area contributed by atoms with Gasteiger partial charge in [0, 0.05) is 12.5 Å². The molecule has 1 aromatic heterocycles. The van der Waals surface area contributed by atoms with Crippen LogP contribution in [0, 0.1) is 10.1 Å². The van der Waals surface area contributed by atoms with Gasteiger partial charge < -0.3 is 0 Å². The molecular weight excluding hydrogens is 342 g/mol. The molecule has 0 amide bonds. The summed E-state index contributed by atoms with van der Waals surface area (Å²) in [5.41, 5.74) is 1.30. The van der Waals surface area contributed by atoms with E-state index in [4.69, 9.17) is 0 Å². The summed E-state index contributed by atoms with van der Waals surface area (Å²) in [5, 5.41) is 11.9. The van der Waals surface area contributed by atoms with Crippen molar-refractivity contribution in [2.45, 2.75) is 6.42 Å². The van der Waals surface area contributed by atoms with Crippen molar-refractivity contribution in [1.29, 1.82) is 0 Å². The smallest absolute Gasteiger partial charge is 0.268 e. The lowest BCUT2D eigenvalue weighted by Gasteiger charge is -2.14. The van der Waals surface area contributed by atoms with E-state index in [9.17, 15) is 14.9 Å². The molecule has 0 spiro atoms. The molecule has 132 valence electrons. The molecule has 0 radical (unpaired) electrons. The summed E-state index contributed by atoms with van der Waals surface area (Å²) in [5.74, 6) is 0.458. The quantitative estimate of drug-likeness (QED) is 0.410. The maximum Gasteiger partial charge on any atom is 0.293 e. The molecule has 6 heteroatoms. The summed E-state index contributed by atoms with van der Waals surface area (Å²) in [6.45, 7) is 0. The summed E-state index contributed by atoms with van der Waals surface area (Å²) >= 11 is 0. The summed E-state index contributed by atoms with van der Waals surface area (Å²) in [7, 11) is 0. The van der Waals surface area contributed by atoms with E-state index >= 15 is 0 Å². The van der Waals surface area contributed by atoms with Gasteiger partial charge in [0.25, 0.3) is 11.2 Å². The predicted molar refractivity (Wildman–Crippen MR) is 103 cm³/mol. The number of nitrogens with zero attached hydrogens (tertiary/aromatic N) is 3. The van der Waals surface area contributed by atoms with Crippen molar-refractivity contribution in [2.24, 2.45) is 0 Å². The minimum atomic E-state index is -0.483. The zero-order valence-electron chi connectivity index (χ0n) is 14.3. The van der Waals surface area contributed by atoms with Crippen LogP contribution < -0.4 is 5.56 Å². The molecule has 0 saturated carbocycles. The molecular formula is C21H15N3O3. The zero-order chi connectivity index (χ0) is 18.8. The van der Waals surface area contributed by atoms with Crippen molar-refractivity contribution in [3.8, 4) is 5.69 Å². The standard InChI is InChI=1S/C21H15N3O3/c25-21-16-10-4-5-11-17(16)22-20(14-15-8-2-1-3-9-15)23(21)18-12-6-7-13-19(18)24(26)27/h1-13H,14H2. The average Bonchev–Trinajstić information content (AvgIpc) is 2.69. The lowest BCUT2D eigenvalue weighted by Crippen LogP contribution is -2.25. The number of rotatable bonds is 4. The molecule has 0 saturated heterocycles. The minimum absolute atomic E-state index is 0.133. The van der Waals surface area contributed by atoms with E-state index in [1.165, 1.54) is 10.6 Å². The number of fused-ring (bicyclic) bond motifs is 1. The van der Waals surface area contributed by atoms with Crippen molar-refractivity contribution in [2.75, 3.05) is 0 Å². The number of nitro groups is 1. The van der Waals surface area contributed by atoms with E-state index in [1.54, 1.807) is 36.4 Å². The van der Waals surface area contributed by atoms with Gasteiger partial charge in [-0.05, 0) is 23.8 Å². The number of benzene rings is 3. The third kappa shape index (κ3) is 3.08. The highest BCUT2D eigenvalue weighted by atomic mass is 16.6. The Bertz CT molecular complexity index is 1200. The lowest BCUT2D eigenvalue weighted by atomic mass is 10.1. The molecule has 0 aliphatic rings. The molecule has 4 aromatic rings. The SMILES string of the molecule is O=c1c2ccccc2nc(Cc2ccccc2)n1-c1ccccc1[N+](=O)[O-]. The van der Waals surface area contributed by atoms with Gasteiger partial charge in [-0.25, -0.2) is 4.98 Å². The first-order valence-corrected chi connectivity index (χ1v) is 8.43. The van der Waals surface area contributed by atoms with Crippen LogP contribution in [-0.2, 0) is 6.42 Å². The van der Waals surface area contributed by atoms with Crippen molar-refractivity contribution in [3.63, 3.8) is 0 Å². The lowest BCUT2D eigenvalue weighted by molar-refractivity contribution is -0.384. The normalized spacial score (nSPS) is 10.8. The van der Waals surface area contributed by atoms with E-state index < -0.39 is 4.92 Å². The molecule has 3 aromatic carbocycles. The van der Waals surface area contributed by atoms with Crippen molar-refractivity contribution in [3.05, 3.63) is 111 Å². The molecule has 4 rings (SSSR count). The fourth-order valence-corrected chi connectivity index (χ4v) is 3.13. The van der Waals surface area contributed by atoms with Gasteiger partial charge in [0.2, 0.25) is 0 Å². The first kappa shape index (κ1) is 16.7. The Morgan fingerprint density at radius 1 is 0.889 bits per heavy atom. The Labute approximate surface area is 154 Å². The number of hydrogen-bond acceptors (Lipinski definition) is 4. The van der Waals surface area contributed by atoms with Crippen LogP contribution in [0.3, 0.4) is 0 Å². The van der Waals surface area contributed by atoms with Gasteiger partial charge in [-0.2, -0.15) is 0 Å². The third-order valence-corrected chi connectivity index (χ3v) is 4.37. The molecule has 0 bridgehead atoms. The Balaban J connectivity index is 2.03. The highest BCUT2D eigenvalue weighted by Crippen LogP contribution is 2.24. The number of nitro benzene ring substituents is 1. The van der Waals surface area contributed by atoms with Crippen LogP contribution in [0.4, 0.5) is 5.69 Å². The van der Waals surface area contributed by atoms with Crippen molar-refractivity contribution >= 4 is 16.6 Å². The summed E-state index contributed by atoms with van der Waals surface area (Å²) in [4.78, 5) is 28.9. The van der Waals surface area contributed by atoms with E-state index in [1.807, 2.05) is 36.4 Å². The molecule has 0 aliphatic heterocycles. The predicted octanol–water partition coefficient (Wildman–Crippen LogP) is 3.88. The summed E-state index contributed by atoms with van der Waals surface area (Å²) < 4.78 is 1.35. The van der Waals surface area contributed by atoms with Crippen LogP contribution in [0.25, 0.3) is 16.6 Å². The molecule has 27 heavy (non-hydrogen) atoms. The molecule has 1 heterocycles. The van der Waals surface area contributed by atoms with Gasteiger partial charge in [0.05, 0.1) is 15.8 Å². The van der Waals surface area contributed by atoms with Gasteiger partial charge in [-0.1, -0.05) is 54.6 Å². The van der Waals surface area contributed by atoms with Gasteiger partial charge in [0.1, 0.15) is 11.5 Å². The van der Waals surface area contributed by atoms with Crippen LogP contribution in [0.2, 0.25) is 0 Å². The van der Waals surface area contributed by atoms with E-state index in [-0.39, 0.29) is 16.9 Å². The summed E-state index contributed by atoms with van der Waals surface area (Å²) in [6, 6.07) is 22.8. The highest BCUT2D eigenvalue weighted by molar-refractivity contribution is 5.78. The maximum atomic E-state index is 13.2. The molecule has 0 aliphatic carbocycles. The molecule has 6 nitrogen and oxygen atoms in total. The van der Waals surface area contributed by atoms with Crippen molar-refractivity contribution in [1.82, 2.24) is 9.55 Å². The number of aromatic nitrogens is 2. The molecule has 0 fully saturated rings. The zero-order valence-corrected chi connectivity index (χ0v) is 14.3. The first-order valence-electron chi connectivity index (χ1n) is 8.43. The second-order valence-electron chi connectivity index (χ2n) is 6.09. The average molecular weight is 357 g/mol. The van der Waals surface area contributed by atoms with Gasteiger partial charge >= 0.3 is 0 Å². The molecule has 0 N–H and O–H groups in total. The van der Waals surface area contributed by atoms with Crippen LogP contribution in [0.5, 0.6) is 0 Å². The fourth-order valence-electron chi connectivity index (χ4n) is 3.13. The van der Waals surface area contributed by atoms with Crippen LogP contribution >= 0.6 is 0 Å². The largest absolute Gasteiger partial charge is 0.293 e. The Morgan fingerprint density at radius 2 is 1.56 bits per heavy atom. The second kappa shape index (κ2) is 6.84. The molecule has 0 unspecified atom stereocenters. The van der Waals surface area contributed by atoms with Gasteiger partial charge in [-0.15, -0.1) is 0 Å². The highest BCUT2D eigenvalue weighted by Gasteiger charge is 2.20. The van der Waals surface area contributed by atoms with Gasteiger partial charge in [0.15, 0.2) is 0 Å². The fraction of sp³-hybridized carbons (Fsp3) is 0.0476. The van der Waals surface area contributed by atoms with Crippen LogP contribution in [-0.4, -0.2) is 14.5 Å². The Hall–Kier alpha value is -3.80. The van der Waals surface area contributed by atoms with E-state index in [0.717, 1.165) is 5.56 Å². The third-order valence-electron chi connectivity index (χ3n) is 4.37. The maximum absolute atomic E-state index is 13.2. The Morgan fingerprint density at radius 3 is 2.33 bits per heavy atom. The number of hydrogen-bond donors (Lipinski definition) is 0. The Kier molecular flexibility index (Phi) is 4.22. The van der Waals surface area contributed by atoms with Gasteiger partial charge in [-0.3, -0.25) is 19.5 Å². The van der Waals surface area contributed by atoms with E-state index in [0.29, 0.717) is 23.1 Å². The number of para-hydroxylation sites is 3. The monoisotopic (exact) mass is 357 g/mol. The first-order chi connectivity index (χ1) is 13.1. The second-order valence-corrected chi connectivity index (χ2v) is 6.09. The van der Waals surface area contributed by atoms with E-state index in [2.05, 4.69) is 4.98 Å². The van der Waals surface area contributed by atoms with Crippen LogP contribution in [0.15, 0.2) is 83.7 Å². The van der Waals surface area contributed by atoms with Crippen molar-refractivity contribution < 1.29 is 4.92 Å².